The number of esters is 1. The number of benzene rings is 2. The number of ketones is 1. The van der Waals surface area contributed by atoms with Crippen molar-refractivity contribution >= 4 is 35.2 Å². The molecular formula is C32H38N4O7. The molecule has 43 heavy (non-hydrogen) atoms. The molecule has 228 valence electrons. The normalized spacial score (nSPS) is 23.8. The fourth-order valence-corrected chi connectivity index (χ4v) is 5.83. The van der Waals surface area contributed by atoms with Crippen LogP contribution in [-0.2, 0) is 35.3 Å². The molecule has 3 amide bonds. The number of nitrogens with zero attached hydrogens (tertiary/aromatic N) is 3. The Morgan fingerprint density at radius 2 is 1.77 bits per heavy atom. The van der Waals surface area contributed by atoms with Gasteiger partial charge in [0.25, 0.3) is 0 Å². The predicted octanol–water partition coefficient (Wildman–Crippen LogP) is 2.83. The van der Waals surface area contributed by atoms with E-state index in [0.717, 1.165) is 11.3 Å². The molecule has 3 aliphatic heterocycles. The van der Waals surface area contributed by atoms with E-state index >= 15 is 0 Å². The van der Waals surface area contributed by atoms with E-state index in [1.807, 2.05) is 61.5 Å². The number of amides is 3. The monoisotopic (exact) mass is 590 g/mol. The highest BCUT2D eigenvalue weighted by atomic mass is 16.7. The van der Waals surface area contributed by atoms with E-state index < -0.39 is 36.2 Å². The highest BCUT2D eigenvalue weighted by molar-refractivity contribution is 5.97. The van der Waals surface area contributed by atoms with Crippen molar-refractivity contribution in [3.8, 4) is 0 Å². The number of anilines is 1. The van der Waals surface area contributed by atoms with Crippen molar-refractivity contribution in [2.24, 2.45) is 5.92 Å². The summed E-state index contributed by atoms with van der Waals surface area (Å²) in [6.07, 6.45) is 0.783. The van der Waals surface area contributed by atoms with E-state index in [1.54, 1.807) is 12.1 Å². The number of cyclic esters (lactones) is 1. The maximum absolute atomic E-state index is 13.9. The Kier molecular flexibility index (Phi) is 9.40. The molecule has 3 fully saturated rings. The third-order valence-electron chi connectivity index (χ3n) is 8.25. The molecule has 0 radical (unpaired) electrons. The van der Waals surface area contributed by atoms with E-state index in [9.17, 15) is 24.0 Å². The minimum absolute atomic E-state index is 0.0607. The molecule has 0 aliphatic carbocycles. The number of ether oxygens (including phenoxy) is 2. The first-order valence-electron chi connectivity index (χ1n) is 14.8. The van der Waals surface area contributed by atoms with Gasteiger partial charge in [0.15, 0.2) is 5.78 Å². The zero-order chi connectivity index (χ0) is 30.5. The summed E-state index contributed by atoms with van der Waals surface area (Å²) in [5.74, 6) is -2.17. The Morgan fingerprint density at radius 3 is 2.49 bits per heavy atom. The average Bonchev–Trinajstić information content (AvgIpc) is 3.31. The van der Waals surface area contributed by atoms with Crippen molar-refractivity contribution < 1.29 is 33.4 Å². The lowest BCUT2D eigenvalue weighted by Gasteiger charge is -2.43. The van der Waals surface area contributed by atoms with Crippen LogP contribution in [0, 0.1) is 5.92 Å². The summed E-state index contributed by atoms with van der Waals surface area (Å²) in [4.78, 5) is 67.5. The van der Waals surface area contributed by atoms with E-state index in [-0.39, 0.29) is 49.9 Å². The van der Waals surface area contributed by atoms with Crippen LogP contribution in [0.15, 0.2) is 54.6 Å². The predicted molar refractivity (Wildman–Crippen MR) is 156 cm³/mol. The standard InChI is InChI=1S/C32H38N4O7/c1-34(2)24-14-10-22(11-15-24)27(37)16-12-23-13-17-28(38)35-18-6-9-26(36(35)31(23)41)30(40)33-25-19-29(39)43-32(25)42-20-21-7-4-3-5-8-21/h3-5,7-8,10-11,14-15,23,25-26,32H,6,9,12-13,16-20H2,1-2H3,(H,33,40)/t23-,25-,26-,32?/m0/s1. The number of hydrazine groups is 1. The van der Waals surface area contributed by atoms with Gasteiger partial charge in [-0.05, 0) is 55.5 Å². The molecule has 0 spiro atoms. The first kappa shape index (κ1) is 30.2. The van der Waals surface area contributed by atoms with Gasteiger partial charge in [0.2, 0.25) is 24.0 Å². The van der Waals surface area contributed by atoms with Crippen LogP contribution in [0.25, 0.3) is 0 Å². The van der Waals surface area contributed by atoms with Crippen LogP contribution in [0.2, 0.25) is 0 Å². The van der Waals surface area contributed by atoms with Crippen LogP contribution >= 0.6 is 0 Å². The number of hydrogen-bond donors (Lipinski definition) is 1. The highest BCUT2D eigenvalue weighted by Gasteiger charge is 2.46. The summed E-state index contributed by atoms with van der Waals surface area (Å²) in [5, 5.41) is 5.54. The Hall–Kier alpha value is -4.25. The Morgan fingerprint density at radius 1 is 1.02 bits per heavy atom. The Labute approximate surface area is 251 Å². The van der Waals surface area contributed by atoms with Gasteiger partial charge in [-0.1, -0.05) is 30.3 Å². The number of hydrogen-bond acceptors (Lipinski definition) is 8. The van der Waals surface area contributed by atoms with Crippen molar-refractivity contribution in [2.75, 3.05) is 25.5 Å². The third-order valence-corrected chi connectivity index (χ3v) is 8.25. The molecular weight excluding hydrogens is 552 g/mol. The lowest BCUT2D eigenvalue weighted by Crippen LogP contribution is -2.63. The van der Waals surface area contributed by atoms with Crippen molar-refractivity contribution in [2.45, 2.75) is 69.9 Å². The van der Waals surface area contributed by atoms with E-state index in [1.165, 1.54) is 10.0 Å². The van der Waals surface area contributed by atoms with Crippen LogP contribution in [-0.4, -0.2) is 78.5 Å². The molecule has 3 aliphatic rings. The number of nitrogens with one attached hydrogen (secondary N) is 1. The van der Waals surface area contributed by atoms with Crippen LogP contribution in [0.4, 0.5) is 5.69 Å². The summed E-state index contributed by atoms with van der Waals surface area (Å²) in [7, 11) is 3.85. The molecule has 0 saturated carbocycles. The number of Topliss-reactive ketones (excluding diaryl/α,β-unsaturated/α-hetero) is 1. The summed E-state index contributed by atoms with van der Waals surface area (Å²) in [6.45, 7) is 0.535. The highest BCUT2D eigenvalue weighted by Crippen LogP contribution is 2.30. The van der Waals surface area contributed by atoms with Crippen molar-refractivity contribution in [1.29, 1.82) is 0 Å². The van der Waals surface area contributed by atoms with Crippen molar-refractivity contribution in [3.63, 3.8) is 0 Å². The second-order valence-corrected chi connectivity index (χ2v) is 11.5. The topological polar surface area (TPSA) is 126 Å². The molecule has 1 N–H and O–H groups in total. The summed E-state index contributed by atoms with van der Waals surface area (Å²) >= 11 is 0. The zero-order valence-corrected chi connectivity index (χ0v) is 24.6. The molecule has 11 heteroatoms. The summed E-state index contributed by atoms with van der Waals surface area (Å²) < 4.78 is 11.1. The lowest BCUT2D eigenvalue weighted by molar-refractivity contribution is -0.178. The number of carbonyl (C=O) groups excluding carboxylic acids is 5. The molecule has 2 aromatic carbocycles. The van der Waals surface area contributed by atoms with Gasteiger partial charge in [0.1, 0.15) is 12.1 Å². The first-order chi connectivity index (χ1) is 20.7. The van der Waals surface area contributed by atoms with Gasteiger partial charge < -0.3 is 19.7 Å². The molecule has 4 atom stereocenters. The minimum atomic E-state index is -0.969. The third kappa shape index (κ3) is 7.05. The summed E-state index contributed by atoms with van der Waals surface area (Å²) in [5.41, 5.74) is 2.44. The largest absolute Gasteiger partial charge is 0.433 e. The number of rotatable bonds is 10. The second kappa shape index (κ2) is 13.4. The van der Waals surface area contributed by atoms with Gasteiger partial charge in [-0.25, -0.2) is 5.01 Å². The second-order valence-electron chi connectivity index (χ2n) is 11.5. The SMILES string of the molecule is CN(C)c1ccc(C(=O)CC[C@H]2CCC(=O)N3CCC[C@@H](C(=O)N[C@H]4CC(=O)OC4OCc4ccccc4)N3C2=O)cc1. The minimum Gasteiger partial charge on any atom is -0.433 e. The van der Waals surface area contributed by atoms with Crippen LogP contribution in [0.3, 0.4) is 0 Å². The molecule has 5 rings (SSSR count). The Bertz CT molecular complexity index is 1350. The van der Waals surface area contributed by atoms with Crippen molar-refractivity contribution in [1.82, 2.24) is 15.3 Å². The van der Waals surface area contributed by atoms with Gasteiger partial charge >= 0.3 is 5.97 Å². The maximum atomic E-state index is 13.9. The fourth-order valence-electron chi connectivity index (χ4n) is 5.83. The number of carbonyl (C=O) groups is 5. The molecule has 3 heterocycles. The molecule has 0 aromatic heterocycles. The van der Waals surface area contributed by atoms with E-state index in [0.29, 0.717) is 31.4 Å². The average molecular weight is 591 g/mol. The molecule has 2 aromatic rings. The quantitative estimate of drug-likeness (QED) is 0.331. The van der Waals surface area contributed by atoms with E-state index in [4.69, 9.17) is 9.47 Å². The Balaban J connectivity index is 1.24. The zero-order valence-electron chi connectivity index (χ0n) is 24.6. The van der Waals surface area contributed by atoms with E-state index in [2.05, 4.69) is 5.32 Å². The van der Waals surface area contributed by atoms with Gasteiger partial charge in [-0.3, -0.25) is 29.0 Å². The van der Waals surface area contributed by atoms with Gasteiger partial charge in [0.05, 0.1) is 13.0 Å². The fraction of sp³-hybridized carbons (Fsp3) is 0.469. The smallest absolute Gasteiger partial charge is 0.310 e. The van der Waals surface area contributed by atoms with Crippen molar-refractivity contribution in [3.05, 3.63) is 65.7 Å². The molecule has 3 saturated heterocycles. The van der Waals surface area contributed by atoms with Crippen LogP contribution in [0.1, 0.15) is 60.9 Å². The van der Waals surface area contributed by atoms with Crippen LogP contribution < -0.4 is 10.2 Å². The molecule has 1 unspecified atom stereocenters. The molecule has 0 bridgehead atoms. The number of fused-ring (bicyclic) bond motifs is 1. The maximum Gasteiger partial charge on any atom is 0.310 e. The lowest BCUT2D eigenvalue weighted by atomic mass is 9.93. The van der Waals surface area contributed by atoms with Gasteiger partial charge in [-0.2, -0.15) is 0 Å². The van der Waals surface area contributed by atoms with Crippen LogP contribution in [0.5, 0.6) is 0 Å². The summed E-state index contributed by atoms with van der Waals surface area (Å²) in [6, 6.07) is 15.0. The van der Waals surface area contributed by atoms with Gasteiger partial charge in [0, 0.05) is 50.7 Å². The van der Waals surface area contributed by atoms with Gasteiger partial charge in [-0.15, -0.1) is 0 Å². The molecule has 11 nitrogen and oxygen atoms in total. The first-order valence-corrected chi connectivity index (χ1v) is 14.8.